The minimum Gasteiger partial charge on any atom is -0.462 e. The normalized spacial score (nSPS) is 15.2. The topological polar surface area (TPSA) is 80.5 Å². The van der Waals surface area contributed by atoms with E-state index >= 15 is 0 Å². The van der Waals surface area contributed by atoms with Gasteiger partial charge in [-0.3, -0.25) is 4.90 Å². The Morgan fingerprint density at radius 2 is 2.00 bits per heavy atom. The van der Waals surface area contributed by atoms with Crippen molar-refractivity contribution < 1.29 is 13.9 Å². The summed E-state index contributed by atoms with van der Waals surface area (Å²) in [5.41, 5.74) is 4.92. The quantitative estimate of drug-likeness (QED) is 0.540. The second kappa shape index (κ2) is 9.69. The maximum Gasteiger partial charge on any atom is 0.342 e. The van der Waals surface area contributed by atoms with Crippen LogP contribution in [-0.2, 0) is 11.3 Å². The number of esters is 1. The molecule has 7 nitrogen and oxygen atoms in total. The number of likely N-dealkylation sites (tertiary alicyclic amines) is 1. The second-order valence-corrected chi connectivity index (χ2v) is 8.69. The molecule has 0 atom stereocenters. The van der Waals surface area contributed by atoms with E-state index in [1.807, 2.05) is 0 Å². The highest BCUT2D eigenvalue weighted by atomic mass is 16.5. The van der Waals surface area contributed by atoms with Crippen LogP contribution in [0.1, 0.15) is 52.6 Å². The van der Waals surface area contributed by atoms with Gasteiger partial charge in [0.25, 0.3) is 0 Å². The second-order valence-electron chi connectivity index (χ2n) is 8.69. The fourth-order valence-electron chi connectivity index (χ4n) is 4.43. The minimum absolute atomic E-state index is 0.308. The molecule has 0 radical (unpaired) electrons. The van der Waals surface area contributed by atoms with Crippen LogP contribution < -0.4 is 5.32 Å². The average Bonchev–Trinajstić information content (AvgIpc) is 3.12. The van der Waals surface area contributed by atoms with Gasteiger partial charge in [0.2, 0.25) is 5.71 Å². The molecule has 0 saturated carbocycles. The maximum atomic E-state index is 12.5. The fraction of sp³-hybridized carbons (Fsp3) is 0.480. The van der Waals surface area contributed by atoms with Crippen LogP contribution in [0.4, 0.5) is 5.82 Å². The highest BCUT2D eigenvalue weighted by molar-refractivity contribution is 6.07. The van der Waals surface area contributed by atoms with Gasteiger partial charge in [-0.2, -0.15) is 0 Å². The third-order valence-electron chi connectivity index (χ3n) is 6.31. The average molecular weight is 437 g/mol. The first-order valence-corrected chi connectivity index (χ1v) is 11.4. The van der Waals surface area contributed by atoms with Crippen LogP contribution in [0.25, 0.3) is 11.1 Å². The van der Waals surface area contributed by atoms with Gasteiger partial charge in [-0.25, -0.2) is 14.8 Å². The zero-order valence-electron chi connectivity index (χ0n) is 19.4. The molecule has 0 spiro atoms. The summed E-state index contributed by atoms with van der Waals surface area (Å²) in [4.78, 5) is 23.6. The molecule has 0 unspecified atom stereocenters. The lowest BCUT2D eigenvalue weighted by molar-refractivity contribution is 0.0526. The van der Waals surface area contributed by atoms with Crippen molar-refractivity contribution in [3.8, 4) is 0 Å². The van der Waals surface area contributed by atoms with Crippen molar-refractivity contribution in [2.45, 2.75) is 47.1 Å². The molecular formula is C25H32N4O3. The van der Waals surface area contributed by atoms with Gasteiger partial charge in [-0.15, -0.1) is 0 Å². The van der Waals surface area contributed by atoms with Gasteiger partial charge in [0.05, 0.1) is 12.0 Å². The SMILES string of the molecule is CCOC(=O)c1c(C)oc2ncnc(NCC3CCN(Cc4cc(C)ccc4C)CC3)c12. The van der Waals surface area contributed by atoms with E-state index in [2.05, 4.69) is 52.2 Å². The molecule has 1 aliphatic heterocycles. The largest absolute Gasteiger partial charge is 0.462 e. The highest BCUT2D eigenvalue weighted by Crippen LogP contribution is 2.30. The number of furan rings is 1. The van der Waals surface area contributed by atoms with Crippen LogP contribution in [0, 0.1) is 26.7 Å². The van der Waals surface area contributed by atoms with E-state index in [0.29, 0.717) is 40.8 Å². The molecule has 1 N–H and O–H groups in total. The van der Waals surface area contributed by atoms with Gasteiger partial charge >= 0.3 is 5.97 Å². The van der Waals surface area contributed by atoms with Crippen LogP contribution >= 0.6 is 0 Å². The Morgan fingerprint density at radius 1 is 1.22 bits per heavy atom. The number of benzene rings is 1. The van der Waals surface area contributed by atoms with Crippen molar-refractivity contribution in [1.29, 1.82) is 0 Å². The van der Waals surface area contributed by atoms with Crippen LogP contribution in [0.15, 0.2) is 28.9 Å². The minimum atomic E-state index is -0.402. The number of fused-ring (bicyclic) bond motifs is 1. The number of hydrogen-bond acceptors (Lipinski definition) is 7. The monoisotopic (exact) mass is 436 g/mol. The lowest BCUT2D eigenvalue weighted by Crippen LogP contribution is -2.35. The van der Waals surface area contributed by atoms with Crippen molar-refractivity contribution in [1.82, 2.24) is 14.9 Å². The van der Waals surface area contributed by atoms with Crippen LogP contribution in [0.3, 0.4) is 0 Å². The number of ether oxygens (including phenoxy) is 1. The van der Waals surface area contributed by atoms with Crippen LogP contribution in [0.5, 0.6) is 0 Å². The number of aryl methyl sites for hydroxylation is 3. The summed E-state index contributed by atoms with van der Waals surface area (Å²) in [6.45, 7) is 12.2. The Bertz CT molecular complexity index is 1100. The van der Waals surface area contributed by atoms with Gasteiger partial charge in [-0.05, 0) is 70.7 Å². The van der Waals surface area contributed by atoms with E-state index in [1.54, 1.807) is 13.8 Å². The van der Waals surface area contributed by atoms with Crippen LogP contribution in [-0.4, -0.2) is 47.1 Å². The number of carbonyl (C=O) groups is 1. The molecule has 1 aromatic carbocycles. The highest BCUT2D eigenvalue weighted by Gasteiger charge is 2.25. The molecule has 2 aromatic heterocycles. The van der Waals surface area contributed by atoms with E-state index in [9.17, 15) is 4.79 Å². The first-order valence-electron chi connectivity index (χ1n) is 11.4. The zero-order chi connectivity index (χ0) is 22.7. The Morgan fingerprint density at radius 3 is 2.75 bits per heavy atom. The summed E-state index contributed by atoms with van der Waals surface area (Å²) in [5, 5.41) is 4.06. The summed E-state index contributed by atoms with van der Waals surface area (Å²) >= 11 is 0. The van der Waals surface area contributed by atoms with E-state index in [1.165, 1.54) is 23.0 Å². The number of rotatable bonds is 7. The summed E-state index contributed by atoms with van der Waals surface area (Å²) in [6.07, 6.45) is 3.72. The maximum absolute atomic E-state index is 12.5. The summed E-state index contributed by atoms with van der Waals surface area (Å²) < 4.78 is 10.9. The van der Waals surface area contributed by atoms with Gasteiger partial charge < -0.3 is 14.5 Å². The van der Waals surface area contributed by atoms with E-state index < -0.39 is 5.97 Å². The lowest BCUT2D eigenvalue weighted by atomic mass is 9.95. The molecule has 3 heterocycles. The third kappa shape index (κ3) is 4.78. The van der Waals surface area contributed by atoms with Gasteiger partial charge in [0.15, 0.2) is 0 Å². The summed E-state index contributed by atoms with van der Waals surface area (Å²) in [7, 11) is 0. The molecule has 1 aliphatic rings. The molecular weight excluding hydrogens is 404 g/mol. The third-order valence-corrected chi connectivity index (χ3v) is 6.31. The Kier molecular flexibility index (Phi) is 6.74. The number of piperidine rings is 1. The number of aromatic nitrogens is 2. The molecule has 0 bridgehead atoms. The van der Waals surface area contributed by atoms with E-state index in [-0.39, 0.29) is 0 Å². The predicted octanol–water partition coefficient (Wildman–Crippen LogP) is 4.65. The zero-order valence-corrected chi connectivity index (χ0v) is 19.4. The number of nitrogens with zero attached hydrogens (tertiary/aromatic N) is 3. The van der Waals surface area contributed by atoms with Gasteiger partial charge in [0.1, 0.15) is 23.5 Å². The van der Waals surface area contributed by atoms with Crippen molar-refractivity contribution in [3.05, 3.63) is 52.5 Å². The van der Waals surface area contributed by atoms with Crippen molar-refractivity contribution in [3.63, 3.8) is 0 Å². The molecule has 0 aliphatic carbocycles. The molecule has 32 heavy (non-hydrogen) atoms. The number of anilines is 1. The van der Waals surface area contributed by atoms with Crippen LogP contribution in [0.2, 0.25) is 0 Å². The summed E-state index contributed by atoms with van der Waals surface area (Å²) in [5.74, 6) is 1.28. The lowest BCUT2D eigenvalue weighted by Gasteiger charge is -2.32. The molecule has 7 heteroatoms. The summed E-state index contributed by atoms with van der Waals surface area (Å²) in [6, 6.07) is 6.69. The molecule has 0 amide bonds. The first kappa shape index (κ1) is 22.3. The Balaban J connectivity index is 1.39. The molecule has 1 saturated heterocycles. The van der Waals surface area contributed by atoms with Gasteiger partial charge in [0, 0.05) is 13.1 Å². The molecule has 170 valence electrons. The number of carbonyl (C=O) groups excluding carboxylic acids is 1. The van der Waals surface area contributed by atoms with E-state index in [4.69, 9.17) is 9.15 Å². The standard InChI is InChI=1S/C25H32N4O3/c1-5-31-25(30)21-18(4)32-24-22(21)23(27-15-28-24)26-13-19-8-10-29(11-9-19)14-20-12-16(2)6-7-17(20)3/h6-7,12,15,19H,5,8-11,13-14H2,1-4H3,(H,26,27,28). The Labute approximate surface area is 189 Å². The fourth-order valence-corrected chi connectivity index (χ4v) is 4.43. The smallest absolute Gasteiger partial charge is 0.342 e. The van der Waals surface area contributed by atoms with E-state index in [0.717, 1.165) is 39.0 Å². The molecule has 4 rings (SSSR count). The van der Waals surface area contributed by atoms with Gasteiger partial charge in [-0.1, -0.05) is 23.8 Å². The number of nitrogens with one attached hydrogen (secondary N) is 1. The number of hydrogen-bond donors (Lipinski definition) is 1. The predicted molar refractivity (Wildman–Crippen MR) is 125 cm³/mol. The molecule has 3 aromatic rings. The van der Waals surface area contributed by atoms with Crippen molar-refractivity contribution in [2.75, 3.05) is 31.6 Å². The Hall–Kier alpha value is -2.93. The molecule has 1 fully saturated rings. The van der Waals surface area contributed by atoms with Crippen molar-refractivity contribution in [2.24, 2.45) is 5.92 Å². The van der Waals surface area contributed by atoms with Crippen molar-refractivity contribution >= 4 is 22.9 Å². The first-order chi connectivity index (χ1) is 15.5.